The van der Waals surface area contributed by atoms with Gasteiger partial charge in [0.1, 0.15) is 31.1 Å². The molecule has 0 amide bonds. The highest BCUT2D eigenvalue weighted by Crippen LogP contribution is 2.24. The van der Waals surface area contributed by atoms with E-state index in [0.717, 1.165) is 12.1 Å². The van der Waals surface area contributed by atoms with Crippen molar-refractivity contribution in [1.82, 2.24) is 0 Å². The molecular weight excluding hydrogens is 387 g/mol. The van der Waals surface area contributed by atoms with Gasteiger partial charge in [-0.2, -0.15) is 0 Å². The molecule has 0 heterocycles. The number of likely N-dealkylation sites (N-methyl/N-ethyl adjacent to an activating group) is 1. The van der Waals surface area contributed by atoms with Crippen molar-refractivity contribution in [2.45, 2.75) is 6.61 Å². The highest BCUT2D eigenvalue weighted by Gasteiger charge is 2.15. The predicted molar refractivity (Wildman–Crippen MR) is 102 cm³/mol. The van der Waals surface area contributed by atoms with Crippen molar-refractivity contribution in [3.05, 3.63) is 59.7 Å². The summed E-state index contributed by atoms with van der Waals surface area (Å²) < 4.78 is 19.8. The van der Waals surface area contributed by atoms with Gasteiger partial charge in [0.15, 0.2) is 0 Å². The van der Waals surface area contributed by atoms with Crippen LogP contribution < -0.4 is 20.3 Å². The molecule has 0 spiro atoms. The van der Waals surface area contributed by atoms with Gasteiger partial charge in [-0.25, -0.2) is 4.79 Å². The van der Waals surface area contributed by atoms with Crippen LogP contribution in [-0.2, 0) is 15.9 Å². The van der Waals surface area contributed by atoms with Gasteiger partial charge in [-0.1, -0.05) is 30.3 Å². The number of nitrogens with one attached hydrogen (secondary N) is 1. The average Bonchev–Trinajstić information content (AvgIpc) is 2.59. The van der Waals surface area contributed by atoms with E-state index in [-0.39, 0.29) is 0 Å². The maximum absolute atomic E-state index is 12.2. The zero-order chi connectivity index (χ0) is 21.2. The Morgan fingerprint density at radius 1 is 1.18 bits per heavy atom. The first-order valence-electron chi connectivity index (χ1n) is 8.35. The summed E-state index contributed by atoms with van der Waals surface area (Å²) in [4.78, 5) is 36.4. The van der Waals surface area contributed by atoms with Gasteiger partial charge in [0.2, 0.25) is 0 Å². The number of anilines is 1. The molecule has 0 bridgehead atoms. The van der Waals surface area contributed by atoms with E-state index < -0.39 is 13.8 Å². The van der Waals surface area contributed by atoms with Crippen LogP contribution in [-0.4, -0.2) is 43.0 Å². The smallest absolute Gasteiger partial charge is 0.342 e. The maximum atomic E-state index is 12.2. The molecule has 2 aromatic rings. The molecule has 154 valence electrons. The number of carbonyl (C=O) groups excluding carboxylic acids is 1. The Bertz CT molecular complexity index is 786. The first kappa shape index (κ1) is 23.6. The minimum atomic E-state index is -4.89. The van der Waals surface area contributed by atoms with Gasteiger partial charge in [-0.05, 0) is 17.7 Å². The number of phosphoric acid groups is 1. The Morgan fingerprint density at radius 2 is 1.79 bits per heavy atom. The second-order valence-electron chi connectivity index (χ2n) is 6.11. The SMILES string of the molecule is C[NH+](C)CCOC(=O)c1ccc(N)cc1OCc1ccccc1.O=P([O-])(O)O. The van der Waals surface area contributed by atoms with Gasteiger partial charge < -0.3 is 34.8 Å². The molecule has 28 heavy (non-hydrogen) atoms. The summed E-state index contributed by atoms with van der Waals surface area (Å²) in [7, 11) is -0.878. The molecule has 0 aliphatic carbocycles. The van der Waals surface area contributed by atoms with Crippen LogP contribution in [0.25, 0.3) is 0 Å². The van der Waals surface area contributed by atoms with Crippen molar-refractivity contribution in [3.63, 3.8) is 0 Å². The van der Waals surface area contributed by atoms with Crippen molar-refractivity contribution >= 4 is 19.5 Å². The second kappa shape index (κ2) is 11.4. The minimum absolute atomic E-state index is 0.365. The summed E-state index contributed by atoms with van der Waals surface area (Å²) in [5.74, 6) is 0.0466. The Labute approximate surface area is 163 Å². The number of nitrogen functional groups attached to an aromatic ring is 1. The number of ether oxygens (including phenoxy) is 2. The summed E-state index contributed by atoms with van der Waals surface area (Å²) in [6.45, 7) is 1.48. The number of rotatable bonds is 7. The van der Waals surface area contributed by atoms with E-state index in [1.807, 2.05) is 44.4 Å². The standard InChI is InChI=1S/C18H22N2O3.H3O4P/c1-20(2)10-11-22-18(21)16-9-8-15(19)12-17(16)23-13-14-6-4-3-5-7-14;1-5(2,3)4/h3-9,12H,10-11,13,19H2,1-2H3;(H3,1,2,3,4). The van der Waals surface area contributed by atoms with Gasteiger partial charge in [0.05, 0.1) is 14.1 Å². The van der Waals surface area contributed by atoms with E-state index in [1.54, 1.807) is 18.2 Å². The predicted octanol–water partition coefficient (Wildman–Crippen LogP) is -0.411. The van der Waals surface area contributed by atoms with E-state index in [0.29, 0.717) is 30.2 Å². The van der Waals surface area contributed by atoms with Gasteiger partial charge in [0, 0.05) is 11.8 Å². The van der Waals surface area contributed by atoms with Crippen LogP contribution in [0, 0.1) is 0 Å². The lowest BCUT2D eigenvalue weighted by Gasteiger charge is -2.13. The molecule has 5 N–H and O–H groups in total. The first-order valence-corrected chi connectivity index (χ1v) is 9.88. The van der Waals surface area contributed by atoms with Crippen LogP contribution in [0.3, 0.4) is 0 Å². The van der Waals surface area contributed by atoms with Crippen LogP contribution in [0.4, 0.5) is 5.69 Å². The molecule has 10 heteroatoms. The van der Waals surface area contributed by atoms with Crippen molar-refractivity contribution in [2.24, 2.45) is 0 Å². The lowest BCUT2D eigenvalue weighted by Crippen LogP contribution is -3.06. The fourth-order valence-electron chi connectivity index (χ4n) is 1.99. The summed E-state index contributed by atoms with van der Waals surface area (Å²) in [6.07, 6.45) is 0. The van der Waals surface area contributed by atoms with Gasteiger partial charge >= 0.3 is 5.97 Å². The monoisotopic (exact) mass is 412 g/mol. The lowest BCUT2D eigenvalue weighted by atomic mass is 10.2. The van der Waals surface area contributed by atoms with Crippen LogP contribution in [0.15, 0.2) is 48.5 Å². The molecule has 0 aliphatic heterocycles. The van der Waals surface area contributed by atoms with E-state index in [1.165, 1.54) is 4.90 Å². The number of esters is 1. The lowest BCUT2D eigenvalue weighted by molar-refractivity contribution is -0.858. The molecule has 2 aromatic carbocycles. The van der Waals surface area contributed by atoms with Crippen LogP contribution in [0.1, 0.15) is 15.9 Å². The third-order valence-electron chi connectivity index (χ3n) is 3.30. The normalized spacial score (nSPS) is 10.8. The Morgan fingerprint density at radius 3 is 2.36 bits per heavy atom. The third-order valence-corrected chi connectivity index (χ3v) is 3.30. The van der Waals surface area contributed by atoms with E-state index in [9.17, 15) is 4.79 Å². The highest BCUT2D eigenvalue weighted by molar-refractivity contribution is 7.43. The quantitative estimate of drug-likeness (QED) is 0.273. The fourth-order valence-corrected chi connectivity index (χ4v) is 1.99. The summed E-state index contributed by atoms with van der Waals surface area (Å²) in [5.41, 5.74) is 7.76. The van der Waals surface area contributed by atoms with Gasteiger partial charge in [-0.15, -0.1) is 0 Å². The second-order valence-corrected chi connectivity index (χ2v) is 7.09. The molecule has 0 unspecified atom stereocenters. The highest BCUT2D eigenvalue weighted by atomic mass is 31.2. The summed E-state index contributed by atoms with van der Waals surface area (Å²) in [6, 6.07) is 14.7. The van der Waals surface area contributed by atoms with E-state index in [2.05, 4.69) is 0 Å². The van der Waals surface area contributed by atoms with Gasteiger partial charge in [-0.3, -0.25) is 4.57 Å². The molecule has 0 aromatic heterocycles. The first-order chi connectivity index (χ1) is 13.1. The Hall–Kier alpha value is -2.42. The molecule has 0 radical (unpaired) electrons. The van der Waals surface area contributed by atoms with Crippen LogP contribution >= 0.6 is 7.82 Å². The minimum Gasteiger partial charge on any atom is -0.756 e. The van der Waals surface area contributed by atoms with E-state index >= 15 is 0 Å². The van der Waals surface area contributed by atoms with E-state index in [4.69, 9.17) is 34.5 Å². The molecule has 0 saturated heterocycles. The number of quaternary nitrogens is 1. The van der Waals surface area contributed by atoms with Crippen molar-refractivity contribution in [3.8, 4) is 5.75 Å². The molecule has 9 nitrogen and oxygen atoms in total. The number of carbonyl (C=O) groups is 1. The van der Waals surface area contributed by atoms with Crippen molar-refractivity contribution < 1.29 is 38.4 Å². The molecule has 0 fully saturated rings. The molecular formula is C18H25N2O7P. The molecule has 0 atom stereocenters. The fraction of sp³-hybridized carbons (Fsp3) is 0.278. The number of nitrogens with two attached hydrogens (primary N) is 1. The maximum Gasteiger partial charge on any atom is 0.342 e. The Balaban J connectivity index is 0.000000696. The number of benzene rings is 2. The van der Waals surface area contributed by atoms with Crippen LogP contribution in [0.5, 0.6) is 5.75 Å². The summed E-state index contributed by atoms with van der Waals surface area (Å²) >= 11 is 0. The molecule has 2 rings (SSSR count). The topological polar surface area (TPSA) is 147 Å². The van der Waals surface area contributed by atoms with Gasteiger partial charge in [0.25, 0.3) is 7.82 Å². The van der Waals surface area contributed by atoms with Crippen LogP contribution in [0.2, 0.25) is 0 Å². The average molecular weight is 412 g/mol. The van der Waals surface area contributed by atoms with Crippen molar-refractivity contribution in [2.75, 3.05) is 33.0 Å². The zero-order valence-corrected chi connectivity index (χ0v) is 16.6. The molecule has 0 saturated carbocycles. The zero-order valence-electron chi connectivity index (χ0n) is 15.7. The van der Waals surface area contributed by atoms with Crippen molar-refractivity contribution in [1.29, 1.82) is 0 Å². The Kier molecular flexibility index (Phi) is 9.64. The number of hydrogen-bond donors (Lipinski definition) is 4. The largest absolute Gasteiger partial charge is 0.756 e. The molecule has 0 aliphatic rings. The number of hydrogen-bond acceptors (Lipinski definition) is 6. The third kappa shape index (κ3) is 10.7. The summed E-state index contributed by atoms with van der Waals surface area (Å²) in [5, 5.41) is 0.